The molecule has 0 spiro atoms. The van der Waals surface area contributed by atoms with Crippen molar-refractivity contribution in [2.45, 2.75) is 37.1 Å². The Kier molecular flexibility index (Phi) is 6.58. The second-order valence-corrected chi connectivity index (χ2v) is 5.59. The number of carbonyl (C=O) groups excluding carboxylic acids is 1. The molecule has 0 heterocycles. The molecule has 0 aliphatic carbocycles. The molecule has 0 bridgehead atoms. The van der Waals surface area contributed by atoms with Crippen molar-refractivity contribution in [2.24, 2.45) is 0 Å². The van der Waals surface area contributed by atoms with Crippen molar-refractivity contribution in [1.29, 1.82) is 0 Å². The minimum absolute atomic E-state index is 0.0493. The largest absolute Gasteiger partial charge is 0.349 e. The van der Waals surface area contributed by atoms with Crippen LogP contribution in [0, 0.1) is 0 Å². The van der Waals surface area contributed by atoms with Crippen LogP contribution in [0.3, 0.4) is 0 Å². The molecule has 1 rings (SSSR count). The molecule has 18 heavy (non-hydrogen) atoms. The summed E-state index contributed by atoms with van der Waals surface area (Å²) in [5.74, 6) is 0.943. The predicted octanol–water partition coefficient (Wildman–Crippen LogP) is 3.69. The predicted molar refractivity (Wildman–Crippen MR) is 79.3 cm³/mol. The first kappa shape index (κ1) is 15.4. The lowest BCUT2D eigenvalue weighted by Crippen LogP contribution is -2.49. The highest BCUT2D eigenvalue weighted by Gasteiger charge is 2.26. The molecule has 2 nitrogen and oxygen atoms in total. The van der Waals surface area contributed by atoms with Gasteiger partial charge >= 0.3 is 0 Å². The van der Waals surface area contributed by atoms with E-state index in [1.165, 1.54) is 0 Å². The van der Waals surface area contributed by atoms with E-state index < -0.39 is 0 Å². The third-order valence-electron chi connectivity index (χ3n) is 3.13. The van der Waals surface area contributed by atoms with Gasteiger partial charge in [-0.3, -0.25) is 4.79 Å². The number of benzene rings is 1. The number of thioether (sulfide) groups is 1. The number of alkyl halides is 1. The van der Waals surface area contributed by atoms with Crippen LogP contribution in [0.25, 0.3) is 0 Å². The number of hydrogen-bond donors (Lipinski definition) is 1. The summed E-state index contributed by atoms with van der Waals surface area (Å²) in [5, 5.41) is 3.06. The average Bonchev–Trinajstić information content (AvgIpc) is 2.44. The van der Waals surface area contributed by atoms with Gasteiger partial charge in [-0.2, -0.15) is 0 Å². The van der Waals surface area contributed by atoms with E-state index >= 15 is 0 Å². The fourth-order valence-corrected chi connectivity index (χ4v) is 2.81. The zero-order chi connectivity index (χ0) is 13.4. The topological polar surface area (TPSA) is 29.1 Å². The Morgan fingerprint density at radius 1 is 1.28 bits per heavy atom. The van der Waals surface area contributed by atoms with E-state index in [0.717, 1.165) is 17.7 Å². The third-order valence-corrected chi connectivity index (χ3v) is 4.65. The van der Waals surface area contributed by atoms with Crippen LogP contribution < -0.4 is 5.32 Å². The maximum atomic E-state index is 11.9. The maximum Gasteiger partial charge on any atom is 0.230 e. The van der Waals surface area contributed by atoms with Gasteiger partial charge in [0.2, 0.25) is 5.91 Å². The van der Waals surface area contributed by atoms with Gasteiger partial charge in [0.05, 0.1) is 11.3 Å². The number of carbonyl (C=O) groups is 1. The molecule has 1 aromatic carbocycles. The van der Waals surface area contributed by atoms with E-state index in [9.17, 15) is 4.79 Å². The van der Waals surface area contributed by atoms with Gasteiger partial charge in [-0.15, -0.1) is 23.4 Å². The molecular weight excluding hydrogens is 266 g/mol. The fraction of sp³-hybridized carbons (Fsp3) is 0.500. The van der Waals surface area contributed by atoms with Crippen LogP contribution >= 0.6 is 23.4 Å². The minimum Gasteiger partial charge on any atom is -0.349 e. The van der Waals surface area contributed by atoms with E-state index in [-0.39, 0.29) is 11.4 Å². The second kappa shape index (κ2) is 7.70. The maximum absolute atomic E-state index is 11.9. The summed E-state index contributed by atoms with van der Waals surface area (Å²) < 4.78 is 0. The van der Waals surface area contributed by atoms with Crippen LogP contribution in [0.5, 0.6) is 0 Å². The molecule has 0 fully saturated rings. The van der Waals surface area contributed by atoms with Crippen molar-refractivity contribution < 1.29 is 4.79 Å². The molecule has 4 heteroatoms. The quantitative estimate of drug-likeness (QED) is 0.611. The minimum atomic E-state index is -0.254. The molecule has 0 aliphatic heterocycles. The number of nitrogens with one attached hydrogen (secondary N) is 1. The molecular formula is C14H20ClNOS. The lowest BCUT2D eigenvalue weighted by molar-refractivity contribution is -0.120. The summed E-state index contributed by atoms with van der Waals surface area (Å²) in [7, 11) is 0. The highest BCUT2D eigenvalue weighted by atomic mass is 35.5. The van der Waals surface area contributed by atoms with E-state index in [2.05, 4.69) is 19.2 Å². The smallest absolute Gasteiger partial charge is 0.230 e. The van der Waals surface area contributed by atoms with Crippen molar-refractivity contribution in [2.75, 3.05) is 11.6 Å². The number of hydrogen-bond acceptors (Lipinski definition) is 2. The van der Waals surface area contributed by atoms with Crippen LogP contribution in [0.15, 0.2) is 35.2 Å². The average molecular weight is 286 g/mol. The van der Waals surface area contributed by atoms with E-state index in [0.29, 0.717) is 11.6 Å². The molecule has 0 saturated heterocycles. The highest BCUT2D eigenvalue weighted by molar-refractivity contribution is 8.00. The summed E-state index contributed by atoms with van der Waals surface area (Å²) in [6, 6.07) is 9.93. The van der Waals surface area contributed by atoms with Crippen LogP contribution in [0.2, 0.25) is 0 Å². The van der Waals surface area contributed by atoms with Crippen molar-refractivity contribution in [3.8, 4) is 0 Å². The molecule has 1 amide bonds. The van der Waals surface area contributed by atoms with Gasteiger partial charge in [0.1, 0.15) is 0 Å². The van der Waals surface area contributed by atoms with E-state index in [4.69, 9.17) is 11.6 Å². The SMILES string of the molecule is CCC(CC)(CCl)NC(=O)CSc1ccccc1. The standard InChI is InChI=1S/C14H20ClNOS/c1-3-14(4-2,11-15)16-13(17)10-18-12-8-6-5-7-9-12/h5-9H,3-4,10-11H2,1-2H3,(H,16,17). The highest BCUT2D eigenvalue weighted by Crippen LogP contribution is 2.19. The molecule has 0 aliphatic rings. The lowest BCUT2D eigenvalue weighted by atomic mass is 9.95. The van der Waals surface area contributed by atoms with Crippen LogP contribution in [-0.2, 0) is 4.79 Å². The molecule has 1 aromatic rings. The number of rotatable bonds is 7. The van der Waals surface area contributed by atoms with Crippen LogP contribution in [0.4, 0.5) is 0 Å². The summed E-state index contributed by atoms with van der Waals surface area (Å²) in [6.07, 6.45) is 1.71. The second-order valence-electron chi connectivity index (χ2n) is 4.27. The van der Waals surface area contributed by atoms with Gasteiger partial charge < -0.3 is 5.32 Å². The van der Waals surface area contributed by atoms with Gasteiger partial charge in [-0.1, -0.05) is 32.0 Å². The molecule has 0 atom stereocenters. The number of halogens is 1. The van der Waals surface area contributed by atoms with E-state index in [1.54, 1.807) is 11.8 Å². The third kappa shape index (κ3) is 4.54. The van der Waals surface area contributed by atoms with Gasteiger partial charge in [-0.25, -0.2) is 0 Å². The Balaban J connectivity index is 2.46. The van der Waals surface area contributed by atoms with Gasteiger partial charge in [0.25, 0.3) is 0 Å². The van der Waals surface area contributed by atoms with Crippen molar-refractivity contribution in [3.63, 3.8) is 0 Å². The first-order valence-electron chi connectivity index (χ1n) is 6.20. The van der Waals surface area contributed by atoms with Gasteiger partial charge in [-0.05, 0) is 25.0 Å². The Bertz CT molecular complexity index is 357. The van der Waals surface area contributed by atoms with Crippen molar-refractivity contribution >= 4 is 29.3 Å². The van der Waals surface area contributed by atoms with Crippen LogP contribution in [0.1, 0.15) is 26.7 Å². The van der Waals surface area contributed by atoms with Crippen molar-refractivity contribution in [1.82, 2.24) is 5.32 Å². The zero-order valence-electron chi connectivity index (χ0n) is 10.9. The van der Waals surface area contributed by atoms with Gasteiger partial charge in [0, 0.05) is 10.8 Å². The lowest BCUT2D eigenvalue weighted by Gasteiger charge is -2.30. The Morgan fingerprint density at radius 3 is 2.39 bits per heavy atom. The van der Waals surface area contributed by atoms with Gasteiger partial charge in [0.15, 0.2) is 0 Å². The Morgan fingerprint density at radius 2 is 1.89 bits per heavy atom. The Labute approximate surface area is 118 Å². The normalized spacial score (nSPS) is 11.3. The van der Waals surface area contributed by atoms with Crippen molar-refractivity contribution in [3.05, 3.63) is 30.3 Å². The zero-order valence-corrected chi connectivity index (χ0v) is 12.5. The summed E-state index contributed by atoms with van der Waals surface area (Å²) in [5.41, 5.74) is -0.254. The molecule has 0 aromatic heterocycles. The monoisotopic (exact) mass is 285 g/mol. The number of amides is 1. The summed E-state index contributed by atoms with van der Waals surface area (Å²) in [4.78, 5) is 13.0. The van der Waals surface area contributed by atoms with E-state index in [1.807, 2.05) is 30.3 Å². The molecule has 0 unspecified atom stereocenters. The summed E-state index contributed by atoms with van der Waals surface area (Å²) in [6.45, 7) is 4.10. The molecule has 1 N–H and O–H groups in total. The molecule has 100 valence electrons. The molecule has 0 saturated carbocycles. The Hall–Kier alpha value is -0.670. The first-order chi connectivity index (χ1) is 8.65. The summed E-state index contributed by atoms with van der Waals surface area (Å²) >= 11 is 7.51. The fourth-order valence-electron chi connectivity index (χ4n) is 1.65. The molecule has 0 radical (unpaired) electrons. The first-order valence-corrected chi connectivity index (χ1v) is 7.72. The van der Waals surface area contributed by atoms with Crippen LogP contribution in [-0.4, -0.2) is 23.1 Å².